The standard InChI is InChI=1S/C17H30N2O2S/c1-11(2)14(21)17(6,7)10-18-13(20)8-12-9-22-15(19-12)16(3,4)5/h9,11,14,21H,8,10H2,1-7H3,(H,18,20). The van der Waals surface area contributed by atoms with Crippen molar-refractivity contribution in [3.63, 3.8) is 0 Å². The molecule has 0 aliphatic heterocycles. The number of nitrogens with zero attached hydrogens (tertiary/aromatic N) is 1. The minimum atomic E-state index is -0.445. The summed E-state index contributed by atoms with van der Waals surface area (Å²) in [6, 6.07) is 0. The molecule has 0 saturated heterocycles. The van der Waals surface area contributed by atoms with Crippen molar-refractivity contribution in [2.45, 2.75) is 66.4 Å². The Morgan fingerprint density at radius 2 is 1.91 bits per heavy atom. The quantitative estimate of drug-likeness (QED) is 0.844. The number of rotatable bonds is 6. The van der Waals surface area contributed by atoms with Crippen molar-refractivity contribution >= 4 is 17.2 Å². The average Bonchev–Trinajstić information content (AvgIpc) is 2.84. The SMILES string of the molecule is CC(C)C(O)C(C)(C)CNC(=O)Cc1csc(C(C)(C)C)n1. The van der Waals surface area contributed by atoms with Gasteiger partial charge in [0.25, 0.3) is 0 Å². The van der Waals surface area contributed by atoms with Crippen LogP contribution >= 0.6 is 11.3 Å². The van der Waals surface area contributed by atoms with Crippen molar-refractivity contribution < 1.29 is 9.90 Å². The number of carbonyl (C=O) groups excluding carboxylic acids is 1. The third-order valence-electron chi connectivity index (χ3n) is 3.71. The average molecular weight is 327 g/mol. The van der Waals surface area contributed by atoms with Crippen molar-refractivity contribution in [1.29, 1.82) is 0 Å². The Bertz CT molecular complexity index is 501. The molecular weight excluding hydrogens is 296 g/mol. The number of hydrogen-bond donors (Lipinski definition) is 2. The Kier molecular flexibility index (Phi) is 6.16. The van der Waals surface area contributed by atoms with E-state index in [1.54, 1.807) is 11.3 Å². The van der Waals surface area contributed by atoms with Crippen LogP contribution in [-0.4, -0.2) is 28.6 Å². The smallest absolute Gasteiger partial charge is 0.226 e. The first kappa shape index (κ1) is 19.1. The fourth-order valence-corrected chi connectivity index (χ4v) is 3.20. The van der Waals surface area contributed by atoms with Crippen LogP contribution < -0.4 is 5.32 Å². The Hall–Kier alpha value is -0.940. The molecule has 22 heavy (non-hydrogen) atoms. The number of amides is 1. The second-order valence-corrected chi connectivity index (χ2v) is 8.88. The zero-order valence-electron chi connectivity index (χ0n) is 14.9. The summed E-state index contributed by atoms with van der Waals surface area (Å²) in [4.78, 5) is 16.6. The molecule has 0 bridgehead atoms. The van der Waals surface area contributed by atoms with E-state index in [2.05, 4.69) is 31.1 Å². The van der Waals surface area contributed by atoms with Gasteiger partial charge >= 0.3 is 0 Å². The molecule has 0 spiro atoms. The number of aliphatic hydroxyl groups excluding tert-OH is 1. The molecule has 1 aromatic heterocycles. The molecule has 1 amide bonds. The molecule has 0 aromatic carbocycles. The molecule has 0 fully saturated rings. The van der Waals surface area contributed by atoms with Crippen LogP contribution in [0.15, 0.2) is 5.38 Å². The van der Waals surface area contributed by atoms with E-state index < -0.39 is 6.10 Å². The maximum atomic E-state index is 12.1. The summed E-state index contributed by atoms with van der Waals surface area (Å²) < 4.78 is 0. The summed E-state index contributed by atoms with van der Waals surface area (Å²) in [5, 5.41) is 16.1. The third-order valence-corrected chi connectivity index (χ3v) is 5.03. The van der Waals surface area contributed by atoms with E-state index in [0.29, 0.717) is 13.0 Å². The first-order valence-corrected chi connectivity index (χ1v) is 8.71. The minimum Gasteiger partial charge on any atom is -0.392 e. The largest absolute Gasteiger partial charge is 0.392 e. The Morgan fingerprint density at radius 1 is 1.32 bits per heavy atom. The highest BCUT2D eigenvalue weighted by atomic mass is 32.1. The molecule has 1 unspecified atom stereocenters. The highest BCUT2D eigenvalue weighted by Crippen LogP contribution is 2.26. The summed E-state index contributed by atoms with van der Waals surface area (Å²) in [5.74, 6) is 0.120. The van der Waals surface area contributed by atoms with E-state index in [9.17, 15) is 9.90 Å². The minimum absolute atomic E-state index is 0.0166. The first-order valence-electron chi connectivity index (χ1n) is 7.83. The van der Waals surface area contributed by atoms with E-state index in [4.69, 9.17) is 0 Å². The molecule has 0 radical (unpaired) electrons. The van der Waals surface area contributed by atoms with Gasteiger partial charge in [0.15, 0.2) is 0 Å². The zero-order chi connectivity index (χ0) is 17.1. The highest BCUT2D eigenvalue weighted by molar-refractivity contribution is 7.09. The van der Waals surface area contributed by atoms with Crippen LogP contribution in [0.3, 0.4) is 0 Å². The Balaban J connectivity index is 2.55. The second kappa shape index (κ2) is 7.09. The van der Waals surface area contributed by atoms with E-state index in [1.807, 2.05) is 33.1 Å². The van der Waals surface area contributed by atoms with E-state index in [0.717, 1.165) is 10.7 Å². The van der Waals surface area contributed by atoms with Gasteiger partial charge in [0.1, 0.15) is 0 Å². The molecule has 1 rings (SSSR count). The van der Waals surface area contributed by atoms with Crippen LogP contribution in [0.25, 0.3) is 0 Å². The molecule has 0 saturated carbocycles. The molecule has 1 atom stereocenters. The number of hydrogen-bond acceptors (Lipinski definition) is 4. The number of aromatic nitrogens is 1. The van der Waals surface area contributed by atoms with Crippen LogP contribution in [-0.2, 0) is 16.6 Å². The van der Waals surface area contributed by atoms with Crippen molar-refractivity contribution in [3.05, 3.63) is 16.1 Å². The van der Waals surface area contributed by atoms with Gasteiger partial charge in [-0.15, -0.1) is 11.3 Å². The molecule has 1 aromatic rings. The van der Waals surface area contributed by atoms with Crippen molar-refractivity contribution in [1.82, 2.24) is 10.3 Å². The molecule has 126 valence electrons. The van der Waals surface area contributed by atoms with Crippen molar-refractivity contribution in [3.8, 4) is 0 Å². The molecule has 2 N–H and O–H groups in total. The summed E-state index contributed by atoms with van der Waals surface area (Å²) in [5.41, 5.74) is 0.486. The van der Waals surface area contributed by atoms with Crippen molar-refractivity contribution in [2.24, 2.45) is 11.3 Å². The fourth-order valence-electron chi connectivity index (χ4n) is 2.29. The van der Waals surface area contributed by atoms with Crippen LogP contribution in [0.2, 0.25) is 0 Å². The molecule has 0 aliphatic rings. The van der Waals surface area contributed by atoms with E-state index in [-0.39, 0.29) is 22.7 Å². The summed E-state index contributed by atoms with van der Waals surface area (Å²) >= 11 is 1.60. The maximum Gasteiger partial charge on any atom is 0.226 e. The summed E-state index contributed by atoms with van der Waals surface area (Å²) in [6.07, 6.45) is -0.153. The number of carbonyl (C=O) groups is 1. The Morgan fingerprint density at radius 3 is 2.36 bits per heavy atom. The normalized spacial score (nSPS) is 14.2. The Labute approximate surface area is 138 Å². The predicted molar refractivity (Wildman–Crippen MR) is 92.2 cm³/mol. The lowest BCUT2D eigenvalue weighted by atomic mass is 9.80. The van der Waals surface area contributed by atoms with Gasteiger partial charge in [0, 0.05) is 22.8 Å². The highest BCUT2D eigenvalue weighted by Gasteiger charge is 2.30. The number of nitrogens with one attached hydrogen (secondary N) is 1. The zero-order valence-corrected chi connectivity index (χ0v) is 15.7. The topological polar surface area (TPSA) is 62.2 Å². The van der Waals surface area contributed by atoms with Gasteiger partial charge in [-0.2, -0.15) is 0 Å². The monoisotopic (exact) mass is 326 g/mol. The van der Waals surface area contributed by atoms with Gasteiger partial charge in [-0.1, -0.05) is 48.5 Å². The number of aliphatic hydroxyl groups is 1. The lowest BCUT2D eigenvalue weighted by molar-refractivity contribution is -0.121. The molecule has 5 heteroatoms. The molecule has 4 nitrogen and oxygen atoms in total. The summed E-state index contributed by atoms with van der Waals surface area (Å²) in [6.45, 7) is 14.7. The molecule has 0 aliphatic carbocycles. The number of thiazole rings is 1. The molecule has 1 heterocycles. The first-order chi connectivity index (χ1) is 9.93. The molecular formula is C17H30N2O2S. The van der Waals surface area contributed by atoms with Gasteiger partial charge in [-0.05, 0) is 5.92 Å². The lowest BCUT2D eigenvalue weighted by Crippen LogP contribution is -2.44. The predicted octanol–water partition coefficient (Wildman–Crippen LogP) is 3.14. The van der Waals surface area contributed by atoms with Gasteiger partial charge in [-0.3, -0.25) is 4.79 Å². The van der Waals surface area contributed by atoms with E-state index >= 15 is 0 Å². The van der Waals surface area contributed by atoms with Gasteiger partial charge < -0.3 is 10.4 Å². The van der Waals surface area contributed by atoms with Crippen LogP contribution in [0.4, 0.5) is 0 Å². The van der Waals surface area contributed by atoms with E-state index in [1.165, 1.54) is 0 Å². The van der Waals surface area contributed by atoms with Crippen molar-refractivity contribution in [2.75, 3.05) is 6.54 Å². The summed E-state index contributed by atoms with van der Waals surface area (Å²) in [7, 11) is 0. The van der Waals surface area contributed by atoms with Crippen LogP contribution in [0.5, 0.6) is 0 Å². The van der Waals surface area contributed by atoms with Crippen LogP contribution in [0, 0.1) is 11.3 Å². The third kappa shape index (κ3) is 5.36. The fraction of sp³-hybridized carbons (Fsp3) is 0.765. The van der Waals surface area contributed by atoms with Gasteiger partial charge in [0.05, 0.1) is 23.2 Å². The lowest BCUT2D eigenvalue weighted by Gasteiger charge is -2.33. The van der Waals surface area contributed by atoms with Gasteiger partial charge in [0.2, 0.25) is 5.91 Å². The van der Waals surface area contributed by atoms with Crippen LogP contribution in [0.1, 0.15) is 59.2 Å². The second-order valence-electron chi connectivity index (χ2n) is 8.02. The maximum absolute atomic E-state index is 12.1. The van der Waals surface area contributed by atoms with Gasteiger partial charge in [-0.25, -0.2) is 4.98 Å².